The molecule has 0 amide bonds. The van der Waals surface area contributed by atoms with Crippen molar-refractivity contribution >= 4 is 16.5 Å². The third-order valence-corrected chi connectivity index (χ3v) is 2.05. The van der Waals surface area contributed by atoms with Gasteiger partial charge in [-0.2, -0.15) is 10.2 Å². The van der Waals surface area contributed by atoms with Crippen LogP contribution in [0.2, 0.25) is 0 Å². The molecule has 13 heavy (non-hydrogen) atoms. The van der Waals surface area contributed by atoms with Crippen molar-refractivity contribution in [3.63, 3.8) is 0 Å². The summed E-state index contributed by atoms with van der Waals surface area (Å²) >= 11 is 0. The highest BCUT2D eigenvalue weighted by molar-refractivity contribution is 5.84. The first kappa shape index (κ1) is 7.98. The van der Waals surface area contributed by atoms with Gasteiger partial charge in [-0.25, -0.2) is 0 Å². The lowest BCUT2D eigenvalue weighted by Gasteiger charge is -2.12. The Balaban J connectivity index is 2.62. The summed E-state index contributed by atoms with van der Waals surface area (Å²) in [6.45, 7) is 0. The van der Waals surface area contributed by atoms with Crippen LogP contribution in [0.3, 0.4) is 0 Å². The summed E-state index contributed by atoms with van der Waals surface area (Å²) in [5, 5.41) is 9.92. The van der Waals surface area contributed by atoms with Crippen molar-refractivity contribution < 1.29 is 0 Å². The lowest BCUT2D eigenvalue weighted by atomic mass is 10.2. The fraction of sp³-hybridized carbons (Fsp3) is 0.200. The van der Waals surface area contributed by atoms with Crippen molar-refractivity contribution in [1.29, 1.82) is 0 Å². The topological polar surface area (TPSA) is 29.0 Å². The minimum Gasteiger partial charge on any atom is -0.378 e. The van der Waals surface area contributed by atoms with Crippen molar-refractivity contribution in [2.24, 2.45) is 0 Å². The highest BCUT2D eigenvalue weighted by atomic mass is 15.1. The largest absolute Gasteiger partial charge is 0.378 e. The van der Waals surface area contributed by atoms with Gasteiger partial charge in [0.1, 0.15) is 0 Å². The number of anilines is 1. The van der Waals surface area contributed by atoms with Crippen LogP contribution in [0.4, 0.5) is 5.69 Å². The number of hydrogen-bond donors (Lipinski definition) is 0. The maximum Gasteiger partial charge on any atom is 0.0575 e. The van der Waals surface area contributed by atoms with Crippen molar-refractivity contribution in [2.45, 2.75) is 0 Å². The van der Waals surface area contributed by atoms with Crippen LogP contribution in [-0.2, 0) is 0 Å². The number of benzene rings is 1. The summed E-state index contributed by atoms with van der Waals surface area (Å²) in [5.74, 6) is 0. The zero-order valence-corrected chi connectivity index (χ0v) is 7.73. The van der Waals surface area contributed by atoms with E-state index in [-0.39, 0.29) is 0 Å². The lowest BCUT2D eigenvalue weighted by Crippen LogP contribution is -2.08. The van der Waals surface area contributed by atoms with E-state index in [4.69, 9.17) is 0 Å². The molecule has 0 bridgehead atoms. The standard InChI is InChI=1S/C10H11N3/c1-13(2)10-4-3-8-6-11-12-7-9(8)5-10/h3-7H,1-2H3. The van der Waals surface area contributed by atoms with Crippen molar-refractivity contribution in [3.8, 4) is 0 Å². The van der Waals surface area contributed by atoms with Gasteiger partial charge in [-0.1, -0.05) is 6.07 Å². The van der Waals surface area contributed by atoms with Gasteiger partial charge < -0.3 is 4.90 Å². The molecule has 0 fully saturated rings. The molecule has 1 heterocycles. The van der Waals surface area contributed by atoms with E-state index >= 15 is 0 Å². The van der Waals surface area contributed by atoms with Gasteiger partial charge in [0, 0.05) is 30.6 Å². The van der Waals surface area contributed by atoms with Crippen molar-refractivity contribution in [2.75, 3.05) is 19.0 Å². The van der Waals surface area contributed by atoms with Crippen molar-refractivity contribution in [3.05, 3.63) is 30.6 Å². The van der Waals surface area contributed by atoms with Gasteiger partial charge in [-0.3, -0.25) is 0 Å². The zero-order valence-electron chi connectivity index (χ0n) is 7.73. The first-order chi connectivity index (χ1) is 6.27. The first-order valence-corrected chi connectivity index (χ1v) is 4.15. The van der Waals surface area contributed by atoms with Gasteiger partial charge in [0.25, 0.3) is 0 Å². The fourth-order valence-corrected chi connectivity index (χ4v) is 1.26. The Morgan fingerprint density at radius 1 is 1.00 bits per heavy atom. The molecule has 3 heteroatoms. The highest BCUT2D eigenvalue weighted by Gasteiger charge is 1.97. The van der Waals surface area contributed by atoms with E-state index in [0.717, 1.165) is 10.8 Å². The molecule has 1 aromatic carbocycles. The maximum absolute atomic E-state index is 3.84. The van der Waals surface area contributed by atoms with E-state index in [1.807, 2.05) is 14.1 Å². The number of fused-ring (bicyclic) bond motifs is 1. The van der Waals surface area contributed by atoms with Crippen LogP contribution in [0.15, 0.2) is 30.6 Å². The molecule has 1 aromatic heterocycles. The predicted octanol–water partition coefficient (Wildman–Crippen LogP) is 1.70. The Bertz CT molecular complexity index is 423. The van der Waals surface area contributed by atoms with Gasteiger partial charge in [-0.05, 0) is 12.1 Å². The maximum atomic E-state index is 3.84. The molecule has 0 atom stereocenters. The fourth-order valence-electron chi connectivity index (χ4n) is 1.26. The second-order valence-electron chi connectivity index (χ2n) is 3.20. The van der Waals surface area contributed by atoms with Gasteiger partial charge in [0.2, 0.25) is 0 Å². The summed E-state index contributed by atoms with van der Waals surface area (Å²) in [7, 11) is 4.05. The SMILES string of the molecule is CN(C)c1ccc2cnncc2c1. The van der Waals surface area contributed by atoms with Crippen LogP contribution in [-0.4, -0.2) is 24.3 Å². The Morgan fingerprint density at radius 2 is 1.69 bits per heavy atom. The van der Waals surface area contributed by atoms with Crippen LogP contribution < -0.4 is 4.90 Å². The van der Waals surface area contributed by atoms with Crippen LogP contribution in [0, 0.1) is 0 Å². The Kier molecular flexibility index (Phi) is 1.85. The van der Waals surface area contributed by atoms with Crippen LogP contribution in [0.25, 0.3) is 10.8 Å². The average molecular weight is 173 g/mol. The monoisotopic (exact) mass is 173 g/mol. The van der Waals surface area contributed by atoms with E-state index in [1.165, 1.54) is 5.69 Å². The van der Waals surface area contributed by atoms with Gasteiger partial charge >= 0.3 is 0 Å². The zero-order chi connectivity index (χ0) is 9.26. The van der Waals surface area contributed by atoms with Crippen LogP contribution >= 0.6 is 0 Å². The number of nitrogens with zero attached hydrogens (tertiary/aromatic N) is 3. The second kappa shape index (κ2) is 3.01. The second-order valence-corrected chi connectivity index (χ2v) is 3.20. The van der Waals surface area contributed by atoms with E-state index in [1.54, 1.807) is 12.4 Å². The molecular weight excluding hydrogens is 162 g/mol. The van der Waals surface area contributed by atoms with E-state index in [0.29, 0.717) is 0 Å². The summed E-state index contributed by atoms with van der Waals surface area (Å²) in [5.41, 5.74) is 1.18. The summed E-state index contributed by atoms with van der Waals surface area (Å²) in [4.78, 5) is 2.07. The van der Waals surface area contributed by atoms with Crippen molar-refractivity contribution in [1.82, 2.24) is 10.2 Å². The minimum atomic E-state index is 1.13. The smallest absolute Gasteiger partial charge is 0.0575 e. The highest BCUT2D eigenvalue weighted by Crippen LogP contribution is 2.18. The molecule has 0 saturated heterocycles. The van der Waals surface area contributed by atoms with Gasteiger partial charge in [0.05, 0.1) is 12.4 Å². The number of hydrogen-bond acceptors (Lipinski definition) is 3. The predicted molar refractivity (Wildman–Crippen MR) is 53.9 cm³/mol. The lowest BCUT2D eigenvalue weighted by molar-refractivity contribution is 1.05. The molecule has 0 spiro atoms. The van der Waals surface area contributed by atoms with Crippen LogP contribution in [0.5, 0.6) is 0 Å². The molecule has 0 saturated carbocycles. The molecule has 0 radical (unpaired) electrons. The molecule has 0 N–H and O–H groups in total. The normalized spacial score (nSPS) is 10.3. The summed E-state index contributed by atoms with van der Waals surface area (Å²) < 4.78 is 0. The molecule has 0 aliphatic rings. The Labute approximate surface area is 77.0 Å². The number of aromatic nitrogens is 2. The number of rotatable bonds is 1. The van der Waals surface area contributed by atoms with E-state index in [2.05, 4.69) is 33.3 Å². The van der Waals surface area contributed by atoms with Gasteiger partial charge in [0.15, 0.2) is 0 Å². The molecule has 2 rings (SSSR count). The third kappa shape index (κ3) is 1.45. The third-order valence-electron chi connectivity index (χ3n) is 2.05. The van der Waals surface area contributed by atoms with Crippen LogP contribution in [0.1, 0.15) is 0 Å². The Morgan fingerprint density at radius 3 is 2.38 bits per heavy atom. The average Bonchev–Trinajstić information content (AvgIpc) is 2.17. The molecule has 0 aliphatic carbocycles. The quantitative estimate of drug-likeness (QED) is 0.657. The first-order valence-electron chi connectivity index (χ1n) is 4.15. The van der Waals surface area contributed by atoms with E-state index in [9.17, 15) is 0 Å². The molecule has 0 unspecified atom stereocenters. The molecule has 66 valence electrons. The molecule has 0 aliphatic heterocycles. The van der Waals surface area contributed by atoms with Gasteiger partial charge in [-0.15, -0.1) is 0 Å². The molecular formula is C10H11N3. The molecule has 2 aromatic rings. The molecule has 3 nitrogen and oxygen atoms in total. The summed E-state index contributed by atoms with van der Waals surface area (Å²) in [6, 6.07) is 6.23. The summed E-state index contributed by atoms with van der Waals surface area (Å²) in [6.07, 6.45) is 3.55. The minimum absolute atomic E-state index is 1.13. The van der Waals surface area contributed by atoms with E-state index < -0.39 is 0 Å². The Hall–Kier alpha value is -1.64.